The Morgan fingerprint density at radius 1 is 0.360 bits per heavy atom. The molecule has 480 valence electrons. The fraction of sp³-hybridized carbons (Fsp3) is 0.526. The average Bonchev–Trinajstić information content (AvgIpc) is 3.70. The van der Waals surface area contributed by atoms with Crippen molar-refractivity contribution in [3.63, 3.8) is 0 Å². The number of carbonyl (C=O) groups excluding carboxylic acids is 2. The second-order valence-electron chi connectivity index (χ2n) is 22.0. The Kier molecular flexibility index (Phi) is 60.0. The Morgan fingerprint density at radius 3 is 0.953 bits per heavy atom. The SMILES string of the molecule is CC/C=C\C/C=C\C/C=C\C/C=C\C/C=C\C/C=C\C/C=C\C/C=C\C/C=C\C/C=C\C/C=C\CCCCCCCCCC(=O)OC(COC(=O)CCCC/C=C\C/C=C\C/C=C\C/C=C\C/C=C\C/C=C\CC)COP(=O)(O)OCC[N+](C)(C)C. The van der Waals surface area contributed by atoms with Crippen molar-refractivity contribution in [2.45, 2.75) is 213 Å². The van der Waals surface area contributed by atoms with Gasteiger partial charge in [0, 0.05) is 12.8 Å². The van der Waals surface area contributed by atoms with Crippen LogP contribution in [0, 0.1) is 0 Å². The predicted octanol–water partition coefficient (Wildman–Crippen LogP) is 21.5. The molecule has 0 bridgehead atoms. The lowest BCUT2D eigenvalue weighted by Crippen LogP contribution is -2.37. The maximum atomic E-state index is 12.9. The van der Waals surface area contributed by atoms with Gasteiger partial charge in [-0.15, -0.1) is 0 Å². The molecule has 0 saturated heterocycles. The summed E-state index contributed by atoms with van der Waals surface area (Å²) >= 11 is 0. The molecule has 0 radical (unpaired) electrons. The fourth-order valence-electron chi connectivity index (χ4n) is 7.84. The zero-order valence-corrected chi connectivity index (χ0v) is 55.3. The second-order valence-corrected chi connectivity index (χ2v) is 23.5. The number of esters is 2. The Bertz CT molecular complexity index is 2200. The molecule has 0 fully saturated rings. The molecule has 1 N–H and O–H groups in total. The van der Waals surface area contributed by atoms with E-state index >= 15 is 0 Å². The van der Waals surface area contributed by atoms with Crippen molar-refractivity contribution in [3.05, 3.63) is 207 Å². The third-order valence-corrected chi connectivity index (χ3v) is 13.8. The first-order chi connectivity index (χ1) is 42.0. The van der Waals surface area contributed by atoms with Crippen LogP contribution in [0.5, 0.6) is 0 Å². The van der Waals surface area contributed by atoms with E-state index in [9.17, 15) is 19.0 Å². The van der Waals surface area contributed by atoms with Crippen LogP contribution < -0.4 is 0 Å². The van der Waals surface area contributed by atoms with Gasteiger partial charge in [-0.3, -0.25) is 18.6 Å². The average molecular weight is 1210 g/mol. The number of phosphoric acid groups is 1. The Balaban J connectivity index is 4.22. The number of allylic oxidation sites excluding steroid dienone is 34. The highest BCUT2D eigenvalue weighted by Gasteiger charge is 2.27. The maximum Gasteiger partial charge on any atom is 0.472 e. The number of unbranched alkanes of at least 4 members (excludes halogenated alkanes) is 9. The molecular formula is C76H119NO8P+. The summed E-state index contributed by atoms with van der Waals surface area (Å²) in [6, 6.07) is 0. The van der Waals surface area contributed by atoms with Gasteiger partial charge in [-0.1, -0.05) is 253 Å². The van der Waals surface area contributed by atoms with Crippen molar-refractivity contribution in [2.75, 3.05) is 47.5 Å². The van der Waals surface area contributed by atoms with E-state index in [-0.39, 0.29) is 26.1 Å². The third-order valence-electron chi connectivity index (χ3n) is 12.8. The zero-order valence-electron chi connectivity index (χ0n) is 54.4. The highest BCUT2D eigenvalue weighted by atomic mass is 31.2. The number of hydrogen-bond acceptors (Lipinski definition) is 7. The van der Waals surface area contributed by atoms with Gasteiger partial charge in [0.25, 0.3) is 0 Å². The monoisotopic (exact) mass is 1200 g/mol. The van der Waals surface area contributed by atoms with E-state index in [4.69, 9.17) is 18.5 Å². The minimum absolute atomic E-state index is 0.0100. The van der Waals surface area contributed by atoms with Crippen molar-refractivity contribution in [2.24, 2.45) is 0 Å². The Morgan fingerprint density at radius 2 is 0.628 bits per heavy atom. The molecule has 0 spiro atoms. The molecule has 9 nitrogen and oxygen atoms in total. The van der Waals surface area contributed by atoms with Crippen molar-refractivity contribution in [1.29, 1.82) is 0 Å². The van der Waals surface area contributed by atoms with Crippen LogP contribution in [0.2, 0.25) is 0 Å². The van der Waals surface area contributed by atoms with E-state index < -0.39 is 32.5 Å². The van der Waals surface area contributed by atoms with E-state index in [1.165, 1.54) is 12.8 Å². The minimum atomic E-state index is -4.42. The zero-order chi connectivity index (χ0) is 62.6. The van der Waals surface area contributed by atoms with Gasteiger partial charge in [-0.2, -0.15) is 0 Å². The lowest BCUT2D eigenvalue weighted by atomic mass is 10.1. The first kappa shape index (κ1) is 80.6. The molecule has 2 unspecified atom stereocenters. The highest BCUT2D eigenvalue weighted by Crippen LogP contribution is 2.43. The number of hydrogen-bond donors (Lipinski definition) is 1. The summed E-state index contributed by atoms with van der Waals surface area (Å²) in [7, 11) is 1.41. The Labute approximate surface area is 525 Å². The first-order valence-corrected chi connectivity index (χ1v) is 34.3. The van der Waals surface area contributed by atoms with Gasteiger partial charge >= 0.3 is 19.8 Å². The molecule has 0 aliphatic rings. The van der Waals surface area contributed by atoms with Gasteiger partial charge in [0.05, 0.1) is 27.7 Å². The van der Waals surface area contributed by atoms with Crippen LogP contribution >= 0.6 is 7.82 Å². The first-order valence-electron chi connectivity index (χ1n) is 32.8. The number of quaternary nitrogens is 1. The highest BCUT2D eigenvalue weighted by molar-refractivity contribution is 7.47. The summed E-state index contributed by atoms with van der Waals surface area (Å²) < 4.78 is 34.5. The number of likely N-dealkylation sites (N-methyl/N-ethyl adjacent to an activating group) is 1. The molecule has 0 aromatic rings. The molecule has 0 aliphatic carbocycles. The van der Waals surface area contributed by atoms with Gasteiger partial charge in [0.2, 0.25) is 0 Å². The maximum absolute atomic E-state index is 12.9. The van der Waals surface area contributed by atoms with Crippen LogP contribution in [0.1, 0.15) is 206 Å². The molecule has 86 heavy (non-hydrogen) atoms. The third kappa shape index (κ3) is 67.7. The number of phosphoric ester groups is 1. The number of rotatable bonds is 57. The summed E-state index contributed by atoms with van der Waals surface area (Å²) in [5, 5.41) is 0. The summed E-state index contributed by atoms with van der Waals surface area (Å²) in [4.78, 5) is 35.8. The van der Waals surface area contributed by atoms with Crippen LogP contribution in [0.25, 0.3) is 0 Å². The molecule has 0 aromatic heterocycles. The number of nitrogens with zero attached hydrogens (tertiary/aromatic N) is 1. The van der Waals surface area contributed by atoms with Crippen LogP contribution in [-0.4, -0.2) is 74.9 Å². The van der Waals surface area contributed by atoms with Crippen molar-refractivity contribution in [1.82, 2.24) is 0 Å². The lowest BCUT2D eigenvalue weighted by molar-refractivity contribution is -0.870. The second kappa shape index (κ2) is 64.1. The van der Waals surface area contributed by atoms with E-state index in [2.05, 4.69) is 220 Å². The van der Waals surface area contributed by atoms with E-state index in [0.29, 0.717) is 23.9 Å². The van der Waals surface area contributed by atoms with Gasteiger partial charge in [-0.25, -0.2) is 4.57 Å². The molecule has 0 aliphatic heterocycles. The van der Waals surface area contributed by atoms with Gasteiger partial charge in [0.15, 0.2) is 6.10 Å². The summed E-state index contributed by atoms with van der Waals surface area (Å²) in [5.74, 6) is -0.880. The van der Waals surface area contributed by atoms with Gasteiger partial charge in [-0.05, 0) is 148 Å². The number of ether oxygens (including phenoxy) is 2. The largest absolute Gasteiger partial charge is 0.472 e. The van der Waals surface area contributed by atoms with Crippen molar-refractivity contribution in [3.8, 4) is 0 Å². The summed E-state index contributed by atoms with van der Waals surface area (Å²) in [6.07, 6.45) is 102. The normalized spacial score (nSPS) is 14.5. The van der Waals surface area contributed by atoms with Gasteiger partial charge in [0.1, 0.15) is 19.8 Å². The van der Waals surface area contributed by atoms with Gasteiger partial charge < -0.3 is 18.9 Å². The van der Waals surface area contributed by atoms with Crippen LogP contribution in [0.3, 0.4) is 0 Å². The number of carbonyl (C=O) groups is 2. The molecular weight excluding hydrogens is 1090 g/mol. The molecule has 0 saturated carbocycles. The lowest BCUT2D eigenvalue weighted by Gasteiger charge is -2.24. The smallest absolute Gasteiger partial charge is 0.462 e. The summed E-state index contributed by atoms with van der Waals surface area (Å²) in [6.45, 7) is 4.10. The predicted molar refractivity (Wildman–Crippen MR) is 371 cm³/mol. The molecule has 0 amide bonds. The minimum Gasteiger partial charge on any atom is -0.462 e. The standard InChI is InChI=1S/C76H118NO8P/c1-6-8-10-12-14-16-18-20-22-24-26-28-29-30-31-32-33-34-35-36-37-38-39-40-41-42-43-44-45-46-47-49-51-53-55-57-59-61-63-65-67-69-76(79)85-74(73-84-86(80,81)83-71-70-77(3,4)5)72-82-75(78)68-66-64-62-60-58-56-54-52-50-48-27-25-23-21-19-17-15-13-11-9-7-2/h8-11,14-17,20-23,26-28,30-31,33-34,36-37,39-40,42-43,45-46,48-49,51-52,54,58,60,74H,6-7,12-13,18-19,24-25,29,32,35,38,41,44,47,50,53,55-57,59,61-73H2,1-5H3/p+1/b10-8-,11-9-,16-14-,17-15-,22-20-,23-21-,28-26-,31-30-,34-33-,37-36-,40-39-,43-42-,46-45-,48-27-,51-49-,54-52-,60-58-. The summed E-state index contributed by atoms with van der Waals surface area (Å²) in [5.41, 5.74) is 0. The quantitative estimate of drug-likeness (QED) is 0.0211. The van der Waals surface area contributed by atoms with E-state index in [1.54, 1.807) is 0 Å². The van der Waals surface area contributed by atoms with Crippen LogP contribution in [-0.2, 0) is 32.7 Å². The van der Waals surface area contributed by atoms with E-state index in [1.807, 2.05) is 21.1 Å². The Hall–Kier alpha value is -5.41. The van der Waals surface area contributed by atoms with Crippen LogP contribution in [0.15, 0.2) is 207 Å². The van der Waals surface area contributed by atoms with Crippen LogP contribution in [0.4, 0.5) is 0 Å². The molecule has 0 aromatic carbocycles. The van der Waals surface area contributed by atoms with Crippen molar-refractivity contribution >= 4 is 19.8 Å². The molecule has 10 heteroatoms. The molecule has 0 heterocycles. The molecule has 2 atom stereocenters. The molecule has 0 rings (SSSR count). The topological polar surface area (TPSA) is 108 Å². The van der Waals surface area contributed by atoms with Crippen molar-refractivity contribution < 1.29 is 42.1 Å². The fourth-order valence-corrected chi connectivity index (χ4v) is 8.59. The van der Waals surface area contributed by atoms with E-state index in [0.717, 1.165) is 154 Å².